The molecule has 1 amide bonds. The van der Waals surface area contributed by atoms with E-state index in [1.165, 1.54) is 17.5 Å². The molecule has 10 heteroatoms. The van der Waals surface area contributed by atoms with Crippen molar-refractivity contribution in [2.75, 3.05) is 29.0 Å². The number of benzene rings is 2. The Hall–Kier alpha value is -3.11. The Labute approximate surface area is 184 Å². The van der Waals surface area contributed by atoms with E-state index in [9.17, 15) is 13.2 Å². The van der Waals surface area contributed by atoms with Crippen molar-refractivity contribution in [1.29, 1.82) is 0 Å². The average Bonchev–Trinajstić information content (AvgIpc) is 2.78. The van der Waals surface area contributed by atoms with E-state index >= 15 is 0 Å². The number of ether oxygens (including phenoxy) is 1. The molecule has 0 saturated carbocycles. The van der Waals surface area contributed by atoms with Crippen LogP contribution in [0.5, 0.6) is 5.75 Å². The fraction of sp³-hybridized carbons (Fsp3) is 0.190. The first-order valence-electron chi connectivity index (χ1n) is 9.51. The molecule has 0 bridgehead atoms. The Morgan fingerprint density at radius 3 is 2.71 bits per heavy atom. The van der Waals surface area contributed by atoms with Gasteiger partial charge in [0.1, 0.15) is 10.6 Å². The number of anilines is 2. The second kappa shape index (κ2) is 8.56. The molecule has 3 aromatic rings. The van der Waals surface area contributed by atoms with Crippen LogP contribution in [0.3, 0.4) is 0 Å². The number of aromatic nitrogens is 2. The van der Waals surface area contributed by atoms with Crippen LogP contribution in [0, 0.1) is 0 Å². The van der Waals surface area contributed by atoms with Gasteiger partial charge in [-0.05, 0) is 25.1 Å². The molecule has 0 radical (unpaired) electrons. The van der Waals surface area contributed by atoms with Crippen molar-refractivity contribution in [3.8, 4) is 17.0 Å². The van der Waals surface area contributed by atoms with Gasteiger partial charge in [0.15, 0.2) is 5.16 Å². The number of rotatable bonds is 6. The molecule has 4 rings (SSSR count). The molecule has 0 aliphatic carbocycles. The normalized spacial score (nSPS) is 13.8. The third-order valence-electron chi connectivity index (χ3n) is 4.66. The number of para-hydroxylation sites is 3. The Morgan fingerprint density at radius 2 is 1.90 bits per heavy atom. The summed E-state index contributed by atoms with van der Waals surface area (Å²) >= 11 is 1.13. The van der Waals surface area contributed by atoms with Crippen LogP contribution >= 0.6 is 11.8 Å². The van der Waals surface area contributed by atoms with Crippen molar-refractivity contribution in [1.82, 2.24) is 9.97 Å². The van der Waals surface area contributed by atoms with Gasteiger partial charge in [-0.2, -0.15) is 0 Å². The molecule has 31 heavy (non-hydrogen) atoms. The molecule has 1 aromatic heterocycles. The molecule has 1 aliphatic heterocycles. The van der Waals surface area contributed by atoms with Gasteiger partial charge in [0.05, 0.1) is 35.6 Å². The molecule has 1 aliphatic rings. The number of fused-ring (bicyclic) bond motifs is 3. The van der Waals surface area contributed by atoms with E-state index in [0.29, 0.717) is 40.1 Å². The van der Waals surface area contributed by atoms with E-state index in [1.807, 2.05) is 31.2 Å². The second-order valence-electron chi connectivity index (χ2n) is 6.62. The highest BCUT2D eigenvalue weighted by atomic mass is 32.2. The lowest BCUT2D eigenvalue weighted by molar-refractivity contribution is -0.113. The Morgan fingerprint density at radius 1 is 1.16 bits per heavy atom. The fourth-order valence-corrected chi connectivity index (χ4v) is 5.11. The van der Waals surface area contributed by atoms with E-state index in [-0.39, 0.29) is 16.6 Å². The standard InChI is InChI=1S/C21H20N4O4S2/c1-3-29-17-11-7-5-9-15(17)23-19(26)13-30-21-22-12-18-20(24-21)14-8-4-6-10-16(14)25(2)31(18,27)28/h4-12H,3,13H2,1-2H3,(H,23,26). The first kappa shape index (κ1) is 21.1. The van der Waals surface area contributed by atoms with Gasteiger partial charge in [0, 0.05) is 12.6 Å². The average molecular weight is 457 g/mol. The maximum atomic E-state index is 12.8. The number of sulfonamides is 1. The maximum absolute atomic E-state index is 12.8. The highest BCUT2D eigenvalue weighted by Crippen LogP contribution is 2.41. The number of carbonyl (C=O) groups is 1. The lowest BCUT2D eigenvalue weighted by atomic mass is 10.1. The summed E-state index contributed by atoms with van der Waals surface area (Å²) in [6.45, 7) is 2.36. The molecule has 2 aromatic carbocycles. The largest absolute Gasteiger partial charge is 0.492 e. The van der Waals surface area contributed by atoms with Gasteiger partial charge < -0.3 is 10.1 Å². The minimum absolute atomic E-state index is 0.0492. The number of amides is 1. The van der Waals surface area contributed by atoms with Gasteiger partial charge >= 0.3 is 0 Å². The molecule has 1 N–H and O–H groups in total. The number of hydrogen-bond donors (Lipinski definition) is 1. The summed E-state index contributed by atoms with van der Waals surface area (Å²) in [5.41, 5.74) is 2.18. The number of nitrogens with zero attached hydrogens (tertiary/aromatic N) is 3. The predicted molar refractivity (Wildman–Crippen MR) is 120 cm³/mol. The molecular weight excluding hydrogens is 436 g/mol. The smallest absolute Gasteiger partial charge is 0.267 e. The molecule has 8 nitrogen and oxygen atoms in total. The Kier molecular flexibility index (Phi) is 5.84. The maximum Gasteiger partial charge on any atom is 0.267 e. The molecule has 2 heterocycles. The van der Waals surface area contributed by atoms with Crippen LogP contribution in [0.25, 0.3) is 11.3 Å². The van der Waals surface area contributed by atoms with Gasteiger partial charge in [-0.1, -0.05) is 42.1 Å². The van der Waals surface area contributed by atoms with Crippen LogP contribution in [-0.2, 0) is 14.8 Å². The minimum Gasteiger partial charge on any atom is -0.492 e. The number of thioether (sulfide) groups is 1. The molecule has 0 fully saturated rings. The minimum atomic E-state index is -3.73. The quantitative estimate of drug-likeness (QED) is 0.448. The molecule has 0 spiro atoms. The van der Waals surface area contributed by atoms with Crippen LogP contribution in [0.2, 0.25) is 0 Å². The number of carbonyl (C=O) groups excluding carboxylic acids is 1. The highest BCUT2D eigenvalue weighted by Gasteiger charge is 2.34. The van der Waals surface area contributed by atoms with Gasteiger partial charge in [-0.15, -0.1) is 0 Å². The highest BCUT2D eigenvalue weighted by molar-refractivity contribution is 7.99. The summed E-state index contributed by atoms with van der Waals surface area (Å²) in [6, 6.07) is 14.3. The summed E-state index contributed by atoms with van der Waals surface area (Å²) in [7, 11) is -2.22. The number of hydrogen-bond acceptors (Lipinski definition) is 7. The summed E-state index contributed by atoms with van der Waals surface area (Å²) in [4.78, 5) is 21.1. The van der Waals surface area contributed by atoms with Crippen molar-refractivity contribution in [3.63, 3.8) is 0 Å². The van der Waals surface area contributed by atoms with Gasteiger partial charge in [0.25, 0.3) is 10.0 Å². The predicted octanol–water partition coefficient (Wildman–Crippen LogP) is 3.41. The zero-order chi connectivity index (χ0) is 22.0. The Bertz CT molecular complexity index is 1250. The van der Waals surface area contributed by atoms with Crippen molar-refractivity contribution >= 4 is 39.1 Å². The zero-order valence-electron chi connectivity index (χ0n) is 16.9. The summed E-state index contributed by atoms with van der Waals surface area (Å²) in [5.74, 6) is 0.415. The van der Waals surface area contributed by atoms with Crippen LogP contribution in [0.1, 0.15) is 6.92 Å². The van der Waals surface area contributed by atoms with E-state index in [2.05, 4.69) is 15.3 Å². The first-order valence-corrected chi connectivity index (χ1v) is 11.9. The molecule has 0 unspecified atom stereocenters. The monoisotopic (exact) mass is 456 g/mol. The lowest BCUT2D eigenvalue weighted by Gasteiger charge is -2.28. The van der Waals surface area contributed by atoms with Crippen LogP contribution in [-0.4, -0.2) is 43.7 Å². The number of nitrogens with one attached hydrogen (secondary N) is 1. The molecule has 160 valence electrons. The third kappa shape index (κ3) is 4.08. The van der Waals surface area contributed by atoms with Crippen molar-refractivity contribution < 1.29 is 17.9 Å². The van der Waals surface area contributed by atoms with E-state index in [4.69, 9.17) is 4.74 Å². The van der Waals surface area contributed by atoms with E-state index in [0.717, 1.165) is 11.8 Å². The first-order chi connectivity index (χ1) is 14.9. The zero-order valence-corrected chi connectivity index (χ0v) is 18.5. The van der Waals surface area contributed by atoms with Crippen LogP contribution < -0.4 is 14.4 Å². The molecule has 0 saturated heterocycles. The van der Waals surface area contributed by atoms with Gasteiger partial charge in [-0.3, -0.25) is 9.10 Å². The van der Waals surface area contributed by atoms with Crippen LogP contribution in [0.4, 0.5) is 11.4 Å². The molecule has 0 atom stereocenters. The van der Waals surface area contributed by atoms with Crippen molar-refractivity contribution in [2.24, 2.45) is 0 Å². The molecular formula is C21H20N4O4S2. The SMILES string of the molecule is CCOc1ccccc1NC(=O)CSc1ncc2c(n1)-c1ccccc1N(C)S2(=O)=O. The summed E-state index contributed by atoms with van der Waals surface area (Å²) in [6.07, 6.45) is 1.30. The van der Waals surface area contributed by atoms with E-state index in [1.54, 1.807) is 24.3 Å². The fourth-order valence-electron chi connectivity index (χ4n) is 3.20. The van der Waals surface area contributed by atoms with Crippen LogP contribution in [0.15, 0.2) is 64.8 Å². The van der Waals surface area contributed by atoms with Gasteiger partial charge in [0.2, 0.25) is 5.91 Å². The third-order valence-corrected chi connectivity index (χ3v) is 7.30. The topological polar surface area (TPSA) is 101 Å². The second-order valence-corrected chi connectivity index (χ2v) is 9.50. The van der Waals surface area contributed by atoms with Gasteiger partial charge in [-0.25, -0.2) is 18.4 Å². The van der Waals surface area contributed by atoms with E-state index < -0.39 is 10.0 Å². The summed E-state index contributed by atoms with van der Waals surface area (Å²) in [5, 5.41) is 3.14. The summed E-state index contributed by atoms with van der Waals surface area (Å²) < 4.78 is 32.3. The van der Waals surface area contributed by atoms with Crippen molar-refractivity contribution in [3.05, 3.63) is 54.7 Å². The van der Waals surface area contributed by atoms with Crippen molar-refractivity contribution in [2.45, 2.75) is 17.0 Å². The lowest BCUT2D eigenvalue weighted by Crippen LogP contribution is -2.31. The Balaban J connectivity index is 1.54.